The SMILES string of the molecule is COc1ccc(Br)cc1CC(C)(O)CNC(C)C. The molecule has 3 nitrogen and oxygen atoms in total. The van der Waals surface area contributed by atoms with Crippen LogP contribution in [0.15, 0.2) is 22.7 Å². The summed E-state index contributed by atoms with van der Waals surface area (Å²) in [5, 5.41) is 13.6. The van der Waals surface area contributed by atoms with Crippen LogP contribution < -0.4 is 10.1 Å². The van der Waals surface area contributed by atoms with Crippen molar-refractivity contribution in [2.24, 2.45) is 0 Å². The maximum Gasteiger partial charge on any atom is 0.122 e. The Bertz CT molecular complexity index is 391. The molecule has 0 saturated carbocycles. The molecular formula is C14H22BrNO2. The maximum atomic E-state index is 10.4. The molecular weight excluding hydrogens is 294 g/mol. The quantitative estimate of drug-likeness (QED) is 0.848. The van der Waals surface area contributed by atoms with E-state index in [1.54, 1.807) is 7.11 Å². The van der Waals surface area contributed by atoms with Crippen LogP contribution in [0.25, 0.3) is 0 Å². The topological polar surface area (TPSA) is 41.5 Å². The molecule has 0 aromatic heterocycles. The van der Waals surface area contributed by atoms with E-state index in [1.807, 2.05) is 25.1 Å². The molecule has 1 unspecified atom stereocenters. The van der Waals surface area contributed by atoms with Gasteiger partial charge >= 0.3 is 0 Å². The van der Waals surface area contributed by atoms with Crippen molar-refractivity contribution in [3.8, 4) is 5.75 Å². The minimum absolute atomic E-state index is 0.362. The van der Waals surface area contributed by atoms with Gasteiger partial charge in [0.05, 0.1) is 12.7 Å². The molecule has 1 aromatic carbocycles. The van der Waals surface area contributed by atoms with Crippen molar-refractivity contribution >= 4 is 15.9 Å². The molecule has 0 spiro atoms. The second kappa shape index (κ2) is 6.55. The Morgan fingerprint density at radius 1 is 1.44 bits per heavy atom. The third kappa shape index (κ3) is 4.96. The van der Waals surface area contributed by atoms with Crippen molar-refractivity contribution in [3.05, 3.63) is 28.2 Å². The average molecular weight is 316 g/mol. The molecule has 1 atom stereocenters. The summed E-state index contributed by atoms with van der Waals surface area (Å²) in [4.78, 5) is 0. The lowest BCUT2D eigenvalue weighted by atomic mass is 9.95. The van der Waals surface area contributed by atoms with Gasteiger partial charge in [0.25, 0.3) is 0 Å². The Hall–Kier alpha value is -0.580. The van der Waals surface area contributed by atoms with Crippen LogP contribution in [-0.4, -0.2) is 30.4 Å². The van der Waals surface area contributed by atoms with Gasteiger partial charge in [-0.3, -0.25) is 0 Å². The minimum Gasteiger partial charge on any atom is -0.496 e. The van der Waals surface area contributed by atoms with E-state index >= 15 is 0 Å². The van der Waals surface area contributed by atoms with Crippen molar-refractivity contribution in [2.75, 3.05) is 13.7 Å². The molecule has 1 rings (SSSR count). The standard InChI is InChI=1S/C14H22BrNO2/c1-10(2)16-9-14(3,17)8-11-7-12(15)5-6-13(11)18-4/h5-7,10,16-17H,8-9H2,1-4H3. The molecule has 0 aliphatic carbocycles. The zero-order valence-corrected chi connectivity index (χ0v) is 13.0. The fraction of sp³-hybridized carbons (Fsp3) is 0.571. The van der Waals surface area contributed by atoms with E-state index in [0.717, 1.165) is 15.8 Å². The fourth-order valence-corrected chi connectivity index (χ4v) is 2.19. The summed E-state index contributed by atoms with van der Waals surface area (Å²) in [5.41, 5.74) is 0.209. The first-order valence-electron chi connectivity index (χ1n) is 6.12. The monoisotopic (exact) mass is 315 g/mol. The van der Waals surface area contributed by atoms with Crippen molar-refractivity contribution in [1.29, 1.82) is 0 Å². The number of rotatable bonds is 6. The number of ether oxygens (including phenoxy) is 1. The van der Waals surface area contributed by atoms with Crippen LogP contribution >= 0.6 is 15.9 Å². The average Bonchev–Trinajstić information content (AvgIpc) is 2.26. The Morgan fingerprint density at radius 2 is 2.11 bits per heavy atom. The number of methoxy groups -OCH3 is 1. The van der Waals surface area contributed by atoms with Crippen molar-refractivity contribution < 1.29 is 9.84 Å². The highest BCUT2D eigenvalue weighted by Gasteiger charge is 2.23. The molecule has 1 aromatic rings. The van der Waals surface area contributed by atoms with Gasteiger partial charge < -0.3 is 15.2 Å². The normalized spacial score (nSPS) is 14.6. The van der Waals surface area contributed by atoms with Gasteiger partial charge in [0.2, 0.25) is 0 Å². The predicted molar refractivity (Wildman–Crippen MR) is 78.2 cm³/mol. The van der Waals surface area contributed by atoms with Crippen LogP contribution in [0.5, 0.6) is 5.75 Å². The second-order valence-electron chi connectivity index (χ2n) is 5.17. The van der Waals surface area contributed by atoms with E-state index in [0.29, 0.717) is 19.0 Å². The van der Waals surface area contributed by atoms with Gasteiger partial charge in [-0.05, 0) is 30.7 Å². The summed E-state index contributed by atoms with van der Waals surface area (Å²) in [7, 11) is 1.65. The fourth-order valence-electron chi connectivity index (χ4n) is 1.78. The number of nitrogens with one attached hydrogen (secondary N) is 1. The predicted octanol–water partition coefficient (Wildman–Crippen LogP) is 2.75. The first kappa shape index (κ1) is 15.5. The van der Waals surface area contributed by atoms with E-state index < -0.39 is 5.60 Å². The molecule has 0 amide bonds. The van der Waals surface area contributed by atoms with E-state index in [9.17, 15) is 5.11 Å². The van der Waals surface area contributed by atoms with Gasteiger partial charge in [-0.15, -0.1) is 0 Å². The molecule has 18 heavy (non-hydrogen) atoms. The summed E-state index contributed by atoms with van der Waals surface area (Å²) in [6, 6.07) is 6.19. The summed E-state index contributed by atoms with van der Waals surface area (Å²) < 4.78 is 6.31. The first-order chi connectivity index (χ1) is 8.34. The highest BCUT2D eigenvalue weighted by atomic mass is 79.9. The molecule has 2 N–H and O–H groups in total. The van der Waals surface area contributed by atoms with Crippen molar-refractivity contribution in [2.45, 2.75) is 38.8 Å². The lowest BCUT2D eigenvalue weighted by Crippen LogP contribution is -2.42. The smallest absolute Gasteiger partial charge is 0.122 e. The number of benzene rings is 1. The number of halogens is 1. The van der Waals surface area contributed by atoms with E-state index in [2.05, 4.69) is 35.1 Å². The Labute approximate surface area is 118 Å². The second-order valence-corrected chi connectivity index (χ2v) is 6.08. The van der Waals surface area contributed by atoms with Gasteiger partial charge in [-0.1, -0.05) is 29.8 Å². The first-order valence-corrected chi connectivity index (χ1v) is 6.91. The van der Waals surface area contributed by atoms with Crippen LogP contribution in [0.3, 0.4) is 0 Å². The zero-order valence-electron chi connectivity index (χ0n) is 11.5. The van der Waals surface area contributed by atoms with Gasteiger partial charge in [-0.25, -0.2) is 0 Å². The lowest BCUT2D eigenvalue weighted by molar-refractivity contribution is 0.0575. The maximum absolute atomic E-state index is 10.4. The van der Waals surface area contributed by atoms with Gasteiger partial charge in [0, 0.05) is 23.5 Å². The zero-order chi connectivity index (χ0) is 13.8. The molecule has 0 bridgehead atoms. The van der Waals surface area contributed by atoms with Gasteiger partial charge in [0.1, 0.15) is 5.75 Å². The molecule has 0 heterocycles. The third-order valence-corrected chi connectivity index (χ3v) is 3.20. The van der Waals surface area contributed by atoms with Crippen LogP contribution in [0.1, 0.15) is 26.3 Å². The molecule has 0 fully saturated rings. The van der Waals surface area contributed by atoms with Gasteiger partial charge in [-0.2, -0.15) is 0 Å². The molecule has 0 radical (unpaired) electrons. The summed E-state index contributed by atoms with van der Waals surface area (Å²) in [5.74, 6) is 0.808. The Morgan fingerprint density at radius 3 is 2.67 bits per heavy atom. The van der Waals surface area contributed by atoms with E-state index in [-0.39, 0.29) is 0 Å². The van der Waals surface area contributed by atoms with Gasteiger partial charge in [0.15, 0.2) is 0 Å². The molecule has 0 saturated heterocycles. The van der Waals surface area contributed by atoms with Crippen LogP contribution in [0, 0.1) is 0 Å². The number of aliphatic hydroxyl groups is 1. The van der Waals surface area contributed by atoms with E-state index in [4.69, 9.17) is 4.74 Å². The molecule has 0 aliphatic rings. The highest BCUT2D eigenvalue weighted by molar-refractivity contribution is 9.10. The van der Waals surface area contributed by atoms with E-state index in [1.165, 1.54) is 0 Å². The third-order valence-electron chi connectivity index (χ3n) is 2.70. The molecule has 102 valence electrons. The largest absolute Gasteiger partial charge is 0.496 e. The Balaban J connectivity index is 2.79. The minimum atomic E-state index is -0.793. The van der Waals surface area contributed by atoms with Crippen LogP contribution in [0.2, 0.25) is 0 Å². The highest BCUT2D eigenvalue weighted by Crippen LogP contribution is 2.26. The van der Waals surface area contributed by atoms with Crippen molar-refractivity contribution in [1.82, 2.24) is 5.32 Å². The summed E-state index contributed by atoms with van der Waals surface area (Å²) in [6.07, 6.45) is 0.551. The van der Waals surface area contributed by atoms with Crippen LogP contribution in [0.4, 0.5) is 0 Å². The molecule has 4 heteroatoms. The summed E-state index contributed by atoms with van der Waals surface area (Å²) in [6.45, 7) is 6.52. The van der Waals surface area contributed by atoms with Crippen molar-refractivity contribution in [3.63, 3.8) is 0 Å². The number of hydrogen-bond acceptors (Lipinski definition) is 3. The van der Waals surface area contributed by atoms with Crippen LogP contribution in [-0.2, 0) is 6.42 Å². The number of hydrogen-bond donors (Lipinski definition) is 2. The summed E-state index contributed by atoms with van der Waals surface area (Å²) >= 11 is 3.44. The Kier molecular flexibility index (Phi) is 5.63. The lowest BCUT2D eigenvalue weighted by Gasteiger charge is -2.26. The molecule has 0 aliphatic heterocycles.